The molecule has 2 heterocycles. The van der Waals surface area contributed by atoms with Crippen molar-refractivity contribution in [3.8, 4) is 0 Å². The maximum absolute atomic E-state index is 4.24. The molecule has 1 fully saturated rings. The van der Waals surface area contributed by atoms with E-state index < -0.39 is 0 Å². The third-order valence-electron chi connectivity index (χ3n) is 4.31. The van der Waals surface area contributed by atoms with Crippen LogP contribution in [0.4, 0.5) is 5.69 Å². The largest absolute Gasteiger partial charge is 0.367 e. The summed E-state index contributed by atoms with van der Waals surface area (Å²) in [5.74, 6) is 0.716. The highest BCUT2D eigenvalue weighted by molar-refractivity contribution is 5.90. The molecule has 4 nitrogen and oxygen atoms in total. The molecular formula is C17H24N4. The van der Waals surface area contributed by atoms with Crippen LogP contribution in [-0.4, -0.2) is 35.9 Å². The Morgan fingerprint density at radius 3 is 2.95 bits per heavy atom. The Labute approximate surface area is 126 Å². The Hall–Kier alpha value is -1.68. The van der Waals surface area contributed by atoms with E-state index in [2.05, 4.69) is 46.4 Å². The van der Waals surface area contributed by atoms with E-state index in [1.165, 1.54) is 23.9 Å². The van der Waals surface area contributed by atoms with Gasteiger partial charge in [-0.25, -0.2) is 0 Å². The van der Waals surface area contributed by atoms with Crippen molar-refractivity contribution in [1.82, 2.24) is 15.5 Å². The topological polar surface area (TPSA) is 41.0 Å². The number of piperidine rings is 1. The number of rotatable bonds is 4. The molecule has 112 valence electrons. The minimum atomic E-state index is 0.458. The second-order valence-corrected chi connectivity index (χ2v) is 6.21. The molecule has 1 aromatic carbocycles. The predicted octanol–water partition coefficient (Wildman–Crippen LogP) is 2.84. The summed E-state index contributed by atoms with van der Waals surface area (Å²) in [6, 6.07) is 8.74. The molecule has 4 heteroatoms. The molecule has 1 N–H and O–H groups in total. The van der Waals surface area contributed by atoms with Crippen molar-refractivity contribution in [3.63, 3.8) is 0 Å². The molecule has 0 saturated carbocycles. The number of nitrogens with zero attached hydrogens (tertiary/aromatic N) is 3. The fraction of sp³-hybridized carbons (Fsp3) is 0.529. The number of hydrogen-bond acceptors (Lipinski definition) is 4. The molecule has 0 bridgehead atoms. The monoisotopic (exact) mass is 284 g/mol. The van der Waals surface area contributed by atoms with Gasteiger partial charge in [-0.05, 0) is 51.8 Å². The van der Waals surface area contributed by atoms with Crippen LogP contribution < -0.4 is 10.2 Å². The lowest BCUT2D eigenvalue weighted by molar-refractivity contribution is 0.371. The molecule has 1 aliphatic heterocycles. The zero-order chi connectivity index (χ0) is 14.7. The number of aromatic nitrogens is 2. The molecule has 0 amide bonds. The average Bonchev–Trinajstić information content (AvgIpc) is 2.53. The molecule has 0 aliphatic carbocycles. The van der Waals surface area contributed by atoms with Crippen LogP contribution in [0.5, 0.6) is 0 Å². The number of anilines is 1. The van der Waals surface area contributed by atoms with E-state index in [1.54, 1.807) is 0 Å². The highest BCUT2D eigenvalue weighted by Crippen LogP contribution is 2.27. The van der Waals surface area contributed by atoms with E-state index in [-0.39, 0.29) is 0 Å². The van der Waals surface area contributed by atoms with Crippen LogP contribution in [0.15, 0.2) is 30.5 Å². The van der Waals surface area contributed by atoms with Gasteiger partial charge in [-0.15, -0.1) is 0 Å². The van der Waals surface area contributed by atoms with Crippen LogP contribution in [0, 0.1) is 5.92 Å². The second kappa shape index (κ2) is 6.39. The Bertz CT molecular complexity index is 585. The smallest absolute Gasteiger partial charge is 0.0950 e. The second-order valence-electron chi connectivity index (χ2n) is 6.21. The van der Waals surface area contributed by atoms with Crippen LogP contribution in [-0.2, 0) is 0 Å². The Kier molecular flexibility index (Phi) is 4.34. The van der Waals surface area contributed by atoms with E-state index in [0.717, 1.165) is 25.2 Å². The quantitative estimate of drug-likeness (QED) is 0.937. The fourth-order valence-electron chi connectivity index (χ4n) is 3.17. The number of hydrogen-bond donors (Lipinski definition) is 1. The molecule has 1 saturated heterocycles. The van der Waals surface area contributed by atoms with E-state index in [0.29, 0.717) is 12.0 Å². The maximum Gasteiger partial charge on any atom is 0.0950 e. The van der Waals surface area contributed by atoms with Crippen molar-refractivity contribution in [2.75, 3.05) is 24.5 Å². The summed E-state index contributed by atoms with van der Waals surface area (Å²) in [4.78, 5) is 2.48. The van der Waals surface area contributed by atoms with Gasteiger partial charge < -0.3 is 10.2 Å². The van der Waals surface area contributed by atoms with Crippen molar-refractivity contribution < 1.29 is 0 Å². The Morgan fingerprint density at radius 1 is 1.33 bits per heavy atom. The standard InChI is InChI=1S/C17H24N4/c1-13(2)21(12-14-6-5-9-18-10-14)17-11-19-20-16-8-4-3-7-15(16)17/h3-4,7-8,11,13-14,18H,5-6,9-10,12H2,1-2H3. The fourth-order valence-corrected chi connectivity index (χ4v) is 3.17. The summed E-state index contributed by atoms with van der Waals surface area (Å²) < 4.78 is 0. The van der Waals surface area contributed by atoms with Gasteiger partial charge in [-0.1, -0.05) is 18.2 Å². The van der Waals surface area contributed by atoms with Crippen molar-refractivity contribution >= 4 is 16.6 Å². The number of fused-ring (bicyclic) bond motifs is 1. The molecule has 2 aromatic rings. The lowest BCUT2D eigenvalue weighted by atomic mass is 9.98. The lowest BCUT2D eigenvalue weighted by Crippen LogP contribution is -2.41. The summed E-state index contributed by atoms with van der Waals surface area (Å²) in [6.45, 7) is 7.88. The molecular weight excluding hydrogens is 260 g/mol. The lowest BCUT2D eigenvalue weighted by Gasteiger charge is -2.34. The highest BCUT2D eigenvalue weighted by atomic mass is 15.2. The summed E-state index contributed by atoms with van der Waals surface area (Å²) >= 11 is 0. The third-order valence-corrected chi connectivity index (χ3v) is 4.31. The summed E-state index contributed by atoms with van der Waals surface area (Å²) in [7, 11) is 0. The van der Waals surface area contributed by atoms with Crippen LogP contribution >= 0.6 is 0 Å². The number of nitrogens with one attached hydrogen (secondary N) is 1. The first-order valence-corrected chi connectivity index (χ1v) is 7.93. The van der Waals surface area contributed by atoms with Gasteiger partial charge in [-0.3, -0.25) is 0 Å². The molecule has 21 heavy (non-hydrogen) atoms. The van der Waals surface area contributed by atoms with E-state index in [9.17, 15) is 0 Å². The van der Waals surface area contributed by atoms with Gasteiger partial charge in [0.15, 0.2) is 0 Å². The first-order chi connectivity index (χ1) is 10.3. The Balaban J connectivity index is 1.91. The van der Waals surface area contributed by atoms with Crippen LogP contribution in [0.3, 0.4) is 0 Å². The van der Waals surface area contributed by atoms with Gasteiger partial charge in [0.05, 0.1) is 17.4 Å². The summed E-state index contributed by atoms with van der Waals surface area (Å²) in [5.41, 5.74) is 2.18. The van der Waals surface area contributed by atoms with Gasteiger partial charge in [0, 0.05) is 18.0 Å². The van der Waals surface area contributed by atoms with Crippen molar-refractivity contribution in [2.24, 2.45) is 5.92 Å². The summed E-state index contributed by atoms with van der Waals surface area (Å²) in [5, 5.41) is 13.2. The first-order valence-electron chi connectivity index (χ1n) is 7.93. The van der Waals surface area contributed by atoms with Crippen molar-refractivity contribution in [1.29, 1.82) is 0 Å². The van der Waals surface area contributed by atoms with Crippen molar-refractivity contribution in [2.45, 2.75) is 32.7 Å². The molecule has 1 unspecified atom stereocenters. The van der Waals surface area contributed by atoms with Gasteiger partial charge in [0.1, 0.15) is 0 Å². The molecule has 1 atom stereocenters. The SMILES string of the molecule is CC(C)N(CC1CCCNC1)c1cnnc2ccccc12. The average molecular weight is 284 g/mol. The Morgan fingerprint density at radius 2 is 2.19 bits per heavy atom. The molecule has 1 aliphatic rings. The van der Waals surface area contributed by atoms with Gasteiger partial charge in [0.25, 0.3) is 0 Å². The third kappa shape index (κ3) is 3.16. The molecule has 3 rings (SSSR count). The summed E-state index contributed by atoms with van der Waals surface area (Å²) in [6.07, 6.45) is 4.51. The molecule has 0 spiro atoms. The highest BCUT2D eigenvalue weighted by Gasteiger charge is 2.21. The van der Waals surface area contributed by atoms with Crippen LogP contribution in [0.25, 0.3) is 10.9 Å². The van der Waals surface area contributed by atoms with Gasteiger partial charge in [-0.2, -0.15) is 10.2 Å². The van der Waals surface area contributed by atoms with E-state index in [4.69, 9.17) is 0 Å². The maximum atomic E-state index is 4.24. The normalized spacial score (nSPS) is 19.1. The minimum absolute atomic E-state index is 0.458. The molecule has 1 aromatic heterocycles. The molecule has 0 radical (unpaired) electrons. The van der Waals surface area contributed by atoms with Gasteiger partial charge >= 0.3 is 0 Å². The van der Waals surface area contributed by atoms with E-state index in [1.807, 2.05) is 18.3 Å². The number of benzene rings is 1. The predicted molar refractivity (Wildman–Crippen MR) is 87.6 cm³/mol. The zero-order valence-corrected chi connectivity index (χ0v) is 12.9. The van der Waals surface area contributed by atoms with E-state index >= 15 is 0 Å². The van der Waals surface area contributed by atoms with Crippen LogP contribution in [0.1, 0.15) is 26.7 Å². The minimum Gasteiger partial charge on any atom is -0.367 e. The van der Waals surface area contributed by atoms with Crippen molar-refractivity contribution in [3.05, 3.63) is 30.5 Å². The van der Waals surface area contributed by atoms with Gasteiger partial charge in [0.2, 0.25) is 0 Å². The first kappa shape index (κ1) is 14.3. The van der Waals surface area contributed by atoms with Crippen LogP contribution in [0.2, 0.25) is 0 Å². The zero-order valence-electron chi connectivity index (χ0n) is 12.9.